The van der Waals surface area contributed by atoms with Crippen molar-refractivity contribution >= 4 is 21.8 Å². The largest absolute Gasteiger partial charge is 0.351 e. The first kappa shape index (κ1) is 16.4. The molecule has 21 heavy (non-hydrogen) atoms. The second kappa shape index (κ2) is 6.85. The van der Waals surface area contributed by atoms with E-state index in [1.807, 2.05) is 0 Å². The molecular weight excluding hydrogens is 344 g/mol. The molecule has 7 heteroatoms. The number of carbonyl (C=O) groups excluding carboxylic acids is 1. The van der Waals surface area contributed by atoms with Crippen LogP contribution < -0.4 is 5.32 Å². The van der Waals surface area contributed by atoms with Crippen LogP contribution in [0.25, 0.3) is 0 Å². The summed E-state index contributed by atoms with van der Waals surface area (Å²) in [6.07, 6.45) is 1.78. The molecule has 1 aromatic rings. The standard InChI is InChI=1S/C14H20BrF2N3O/c1-8-5-3-4-6-10(8)18-11(21)7-20-9(2)12(15)13(19-20)14(16)17/h8,10,14H,3-7H2,1-2H3,(H,18,21)/t8-,10-/m0/s1. The quantitative estimate of drug-likeness (QED) is 0.888. The predicted octanol–water partition coefficient (Wildman–Crippen LogP) is 3.59. The molecular formula is C14H20BrF2N3O. The van der Waals surface area contributed by atoms with Crippen LogP contribution >= 0.6 is 15.9 Å². The minimum Gasteiger partial charge on any atom is -0.351 e. The molecule has 118 valence electrons. The maximum Gasteiger partial charge on any atom is 0.283 e. The van der Waals surface area contributed by atoms with Crippen LogP contribution in [0.2, 0.25) is 0 Å². The Morgan fingerprint density at radius 3 is 2.71 bits per heavy atom. The zero-order valence-electron chi connectivity index (χ0n) is 12.2. The smallest absolute Gasteiger partial charge is 0.283 e. The van der Waals surface area contributed by atoms with Crippen molar-refractivity contribution in [2.24, 2.45) is 5.92 Å². The summed E-state index contributed by atoms with van der Waals surface area (Å²) in [7, 11) is 0. The number of amides is 1. The third-order valence-electron chi connectivity index (χ3n) is 4.12. The summed E-state index contributed by atoms with van der Waals surface area (Å²) < 4.78 is 27.2. The molecule has 1 aliphatic rings. The number of aromatic nitrogens is 2. The van der Waals surface area contributed by atoms with Gasteiger partial charge in [-0.15, -0.1) is 0 Å². The van der Waals surface area contributed by atoms with Crippen LogP contribution in [-0.2, 0) is 11.3 Å². The van der Waals surface area contributed by atoms with Crippen molar-refractivity contribution in [2.75, 3.05) is 0 Å². The first-order valence-corrected chi connectivity index (χ1v) is 7.99. The van der Waals surface area contributed by atoms with Gasteiger partial charge in [0.25, 0.3) is 6.43 Å². The molecule has 1 amide bonds. The molecule has 1 saturated carbocycles. The maximum atomic E-state index is 12.8. The highest BCUT2D eigenvalue weighted by Crippen LogP contribution is 2.29. The Bertz CT molecular complexity index is 519. The van der Waals surface area contributed by atoms with Gasteiger partial charge < -0.3 is 5.32 Å². The van der Waals surface area contributed by atoms with Crippen molar-refractivity contribution in [1.82, 2.24) is 15.1 Å². The van der Waals surface area contributed by atoms with E-state index in [0.717, 1.165) is 19.3 Å². The fourth-order valence-corrected chi connectivity index (χ4v) is 3.22. The number of halogens is 3. The lowest BCUT2D eigenvalue weighted by Gasteiger charge is -2.29. The molecule has 1 fully saturated rings. The van der Waals surface area contributed by atoms with E-state index >= 15 is 0 Å². The van der Waals surface area contributed by atoms with E-state index in [1.54, 1.807) is 6.92 Å². The van der Waals surface area contributed by atoms with Crippen LogP contribution in [-0.4, -0.2) is 21.7 Å². The molecule has 1 aromatic heterocycles. The first-order chi connectivity index (χ1) is 9.90. The molecule has 0 spiro atoms. The Hall–Kier alpha value is -0.980. The van der Waals surface area contributed by atoms with Crippen LogP contribution in [0, 0.1) is 12.8 Å². The molecule has 1 aliphatic carbocycles. The zero-order chi connectivity index (χ0) is 15.6. The number of carbonyl (C=O) groups is 1. The van der Waals surface area contributed by atoms with Gasteiger partial charge in [-0.05, 0) is 41.6 Å². The van der Waals surface area contributed by atoms with Gasteiger partial charge in [-0.1, -0.05) is 19.8 Å². The highest BCUT2D eigenvalue weighted by molar-refractivity contribution is 9.10. The molecule has 1 N–H and O–H groups in total. The summed E-state index contributed by atoms with van der Waals surface area (Å²) in [6.45, 7) is 3.77. The monoisotopic (exact) mass is 363 g/mol. The van der Waals surface area contributed by atoms with E-state index < -0.39 is 6.43 Å². The van der Waals surface area contributed by atoms with E-state index in [4.69, 9.17) is 0 Å². The fourth-order valence-electron chi connectivity index (χ4n) is 2.76. The van der Waals surface area contributed by atoms with Crippen LogP contribution in [0.15, 0.2) is 4.47 Å². The SMILES string of the molecule is Cc1c(Br)c(C(F)F)nn1CC(=O)N[C@H]1CCCC[C@@H]1C. The van der Waals surface area contributed by atoms with Gasteiger partial charge in [0.1, 0.15) is 12.2 Å². The summed E-state index contributed by atoms with van der Waals surface area (Å²) in [4.78, 5) is 12.1. The third kappa shape index (κ3) is 3.81. The molecule has 0 radical (unpaired) electrons. The molecule has 0 bridgehead atoms. The van der Waals surface area contributed by atoms with E-state index in [2.05, 4.69) is 33.3 Å². The number of alkyl halides is 2. The number of nitrogens with zero attached hydrogens (tertiary/aromatic N) is 2. The normalized spacial score (nSPS) is 22.6. The minimum atomic E-state index is -2.65. The molecule has 0 aromatic carbocycles. The van der Waals surface area contributed by atoms with Crippen LogP contribution in [0.3, 0.4) is 0 Å². The third-order valence-corrected chi connectivity index (χ3v) is 5.10. The predicted molar refractivity (Wildman–Crippen MR) is 79.2 cm³/mol. The highest BCUT2D eigenvalue weighted by atomic mass is 79.9. The van der Waals surface area contributed by atoms with Gasteiger partial charge in [-0.2, -0.15) is 5.10 Å². The van der Waals surface area contributed by atoms with Crippen molar-refractivity contribution in [3.8, 4) is 0 Å². The second-order valence-corrected chi connectivity index (χ2v) is 6.47. The topological polar surface area (TPSA) is 46.9 Å². The van der Waals surface area contributed by atoms with Crippen LogP contribution in [0.5, 0.6) is 0 Å². The van der Waals surface area contributed by atoms with Gasteiger partial charge in [0.15, 0.2) is 0 Å². The Kier molecular flexibility index (Phi) is 5.35. The minimum absolute atomic E-state index is 0.0274. The molecule has 2 rings (SSSR count). The summed E-state index contributed by atoms with van der Waals surface area (Å²) in [5.74, 6) is 0.289. The van der Waals surface area contributed by atoms with Crippen LogP contribution in [0.4, 0.5) is 8.78 Å². The Labute approximate surface area is 131 Å². The summed E-state index contributed by atoms with van der Waals surface area (Å²) in [6, 6.07) is 0.181. The molecule has 1 heterocycles. The molecule has 4 nitrogen and oxygen atoms in total. The molecule has 0 saturated heterocycles. The maximum absolute atomic E-state index is 12.8. The van der Waals surface area contributed by atoms with Crippen molar-refractivity contribution < 1.29 is 13.6 Å². The number of hydrogen-bond acceptors (Lipinski definition) is 2. The summed E-state index contributed by atoms with van der Waals surface area (Å²) in [5, 5.41) is 6.82. The van der Waals surface area contributed by atoms with Crippen molar-refractivity contribution in [3.05, 3.63) is 15.9 Å². The van der Waals surface area contributed by atoms with Gasteiger partial charge in [-0.3, -0.25) is 9.48 Å². The van der Waals surface area contributed by atoms with Crippen molar-refractivity contribution in [2.45, 2.75) is 58.5 Å². The number of rotatable bonds is 4. The van der Waals surface area contributed by atoms with Crippen molar-refractivity contribution in [1.29, 1.82) is 0 Å². The van der Waals surface area contributed by atoms with E-state index in [0.29, 0.717) is 11.6 Å². The van der Waals surface area contributed by atoms with E-state index in [1.165, 1.54) is 11.1 Å². The lowest BCUT2D eigenvalue weighted by atomic mass is 9.86. The Balaban J connectivity index is 2.01. The lowest BCUT2D eigenvalue weighted by molar-refractivity contribution is -0.123. The molecule has 0 aliphatic heterocycles. The zero-order valence-corrected chi connectivity index (χ0v) is 13.8. The average Bonchev–Trinajstić information content (AvgIpc) is 2.70. The number of nitrogens with one attached hydrogen (secondary N) is 1. The Morgan fingerprint density at radius 2 is 2.14 bits per heavy atom. The summed E-state index contributed by atoms with van der Waals surface area (Å²) in [5.41, 5.74) is 0.225. The summed E-state index contributed by atoms with van der Waals surface area (Å²) >= 11 is 3.10. The van der Waals surface area contributed by atoms with E-state index in [-0.39, 0.29) is 28.7 Å². The van der Waals surface area contributed by atoms with E-state index in [9.17, 15) is 13.6 Å². The van der Waals surface area contributed by atoms with Gasteiger partial charge >= 0.3 is 0 Å². The van der Waals surface area contributed by atoms with Gasteiger partial charge in [-0.25, -0.2) is 8.78 Å². The highest BCUT2D eigenvalue weighted by Gasteiger charge is 2.24. The van der Waals surface area contributed by atoms with Crippen LogP contribution in [0.1, 0.15) is 50.4 Å². The fraction of sp³-hybridized carbons (Fsp3) is 0.714. The lowest BCUT2D eigenvalue weighted by Crippen LogP contribution is -2.42. The van der Waals surface area contributed by atoms with Crippen molar-refractivity contribution in [3.63, 3.8) is 0 Å². The molecule has 0 unspecified atom stereocenters. The van der Waals surface area contributed by atoms with Gasteiger partial charge in [0, 0.05) is 6.04 Å². The second-order valence-electron chi connectivity index (χ2n) is 5.68. The van der Waals surface area contributed by atoms with Gasteiger partial charge in [0.05, 0.1) is 10.2 Å². The Morgan fingerprint density at radius 1 is 1.48 bits per heavy atom. The first-order valence-electron chi connectivity index (χ1n) is 7.20. The number of hydrogen-bond donors (Lipinski definition) is 1. The van der Waals surface area contributed by atoms with Gasteiger partial charge in [0.2, 0.25) is 5.91 Å². The molecule has 2 atom stereocenters. The average molecular weight is 364 g/mol.